The molecule has 0 aromatic rings. The minimum atomic E-state index is -0.128. The smallest absolute Gasteiger partial charge is 0.0635 e. The van der Waals surface area contributed by atoms with Gasteiger partial charge in [0.25, 0.3) is 0 Å². The van der Waals surface area contributed by atoms with Gasteiger partial charge in [0.15, 0.2) is 0 Å². The van der Waals surface area contributed by atoms with Crippen molar-refractivity contribution < 1.29 is 0 Å². The molecule has 25 heavy (non-hydrogen) atoms. The van der Waals surface area contributed by atoms with Gasteiger partial charge in [-0.2, -0.15) is 21.0 Å². The predicted molar refractivity (Wildman–Crippen MR) is 94.7 cm³/mol. The summed E-state index contributed by atoms with van der Waals surface area (Å²) in [7, 11) is 0. The molecule has 1 aliphatic rings. The molecule has 134 valence electrons. The number of rotatable bonds is 10. The second-order valence-corrected chi connectivity index (χ2v) is 6.77. The molecular formula is C19H28N6. The molecule has 0 amide bonds. The van der Waals surface area contributed by atoms with E-state index < -0.39 is 0 Å². The maximum Gasteiger partial charge on any atom is 0.0635 e. The zero-order valence-electron chi connectivity index (χ0n) is 15.2. The van der Waals surface area contributed by atoms with Gasteiger partial charge in [-0.05, 0) is 19.8 Å². The molecule has 0 N–H and O–H groups in total. The van der Waals surface area contributed by atoms with E-state index in [1.54, 1.807) is 0 Å². The Balaban J connectivity index is 3.05. The van der Waals surface area contributed by atoms with Crippen molar-refractivity contribution in [2.24, 2.45) is 0 Å². The van der Waals surface area contributed by atoms with E-state index in [2.05, 4.69) is 41.0 Å². The van der Waals surface area contributed by atoms with Crippen molar-refractivity contribution in [3.05, 3.63) is 0 Å². The first kappa shape index (κ1) is 20.9. The Morgan fingerprint density at radius 1 is 0.800 bits per heavy atom. The van der Waals surface area contributed by atoms with Crippen molar-refractivity contribution in [3.63, 3.8) is 0 Å². The summed E-state index contributed by atoms with van der Waals surface area (Å²) in [6.07, 6.45) is 6.12. The Morgan fingerprint density at radius 2 is 1.28 bits per heavy atom. The maximum atomic E-state index is 9.01. The van der Waals surface area contributed by atoms with Crippen molar-refractivity contribution in [2.75, 3.05) is 26.2 Å². The molecule has 6 heteroatoms. The van der Waals surface area contributed by atoms with Gasteiger partial charge in [0, 0.05) is 63.4 Å². The van der Waals surface area contributed by atoms with E-state index in [1.807, 2.05) is 0 Å². The van der Waals surface area contributed by atoms with E-state index in [-0.39, 0.29) is 11.6 Å². The highest BCUT2D eigenvalue weighted by molar-refractivity contribution is 5.02. The zero-order valence-corrected chi connectivity index (χ0v) is 15.2. The molecule has 1 saturated carbocycles. The Bertz CT molecular complexity index is 524. The summed E-state index contributed by atoms with van der Waals surface area (Å²) in [6.45, 7) is 4.90. The van der Waals surface area contributed by atoms with Crippen LogP contribution in [-0.4, -0.2) is 47.6 Å². The van der Waals surface area contributed by atoms with E-state index in [0.29, 0.717) is 51.9 Å². The van der Waals surface area contributed by atoms with E-state index >= 15 is 0 Å². The fourth-order valence-electron chi connectivity index (χ4n) is 4.05. The van der Waals surface area contributed by atoms with Crippen LogP contribution < -0.4 is 0 Å². The highest BCUT2D eigenvalue weighted by Gasteiger charge is 2.43. The maximum absolute atomic E-state index is 9.01. The van der Waals surface area contributed by atoms with E-state index in [9.17, 15) is 0 Å². The molecule has 0 aromatic heterocycles. The SMILES string of the molecule is CC1(N(CCC#N)CCC#N)CCCCC1N(CCC#N)CCC#N. The summed E-state index contributed by atoms with van der Waals surface area (Å²) in [5.74, 6) is 0. The minimum absolute atomic E-state index is 0.128. The quantitative estimate of drug-likeness (QED) is 0.606. The first-order valence-electron chi connectivity index (χ1n) is 9.11. The Hall–Kier alpha value is -2.12. The highest BCUT2D eigenvalue weighted by atomic mass is 15.3. The third kappa shape index (κ3) is 6.03. The lowest BCUT2D eigenvalue weighted by molar-refractivity contribution is -0.0190. The largest absolute Gasteiger partial charge is 0.297 e. The topological polar surface area (TPSA) is 102 Å². The lowest BCUT2D eigenvalue weighted by atomic mass is 9.76. The molecule has 2 unspecified atom stereocenters. The molecular weight excluding hydrogens is 312 g/mol. The van der Waals surface area contributed by atoms with E-state index in [4.69, 9.17) is 21.0 Å². The summed E-state index contributed by atoms with van der Waals surface area (Å²) >= 11 is 0. The Morgan fingerprint density at radius 3 is 1.76 bits per heavy atom. The molecule has 2 atom stereocenters. The zero-order chi connectivity index (χ0) is 18.5. The van der Waals surface area contributed by atoms with Gasteiger partial charge in [-0.1, -0.05) is 12.8 Å². The van der Waals surface area contributed by atoms with Crippen LogP contribution in [0.3, 0.4) is 0 Å². The van der Waals surface area contributed by atoms with Gasteiger partial charge in [0.2, 0.25) is 0 Å². The van der Waals surface area contributed by atoms with Crippen molar-refractivity contribution in [1.29, 1.82) is 21.0 Å². The molecule has 6 nitrogen and oxygen atoms in total. The van der Waals surface area contributed by atoms with Crippen LogP contribution in [0.1, 0.15) is 58.3 Å². The summed E-state index contributed by atoms with van der Waals surface area (Å²) in [5, 5.41) is 36.0. The fourth-order valence-corrected chi connectivity index (χ4v) is 4.05. The molecule has 1 fully saturated rings. The molecule has 0 bridgehead atoms. The fraction of sp³-hybridized carbons (Fsp3) is 0.789. The molecule has 0 heterocycles. The van der Waals surface area contributed by atoms with Gasteiger partial charge in [-0.25, -0.2) is 0 Å². The van der Waals surface area contributed by atoms with E-state index in [0.717, 1.165) is 25.7 Å². The van der Waals surface area contributed by atoms with Crippen molar-refractivity contribution in [3.8, 4) is 24.3 Å². The third-order valence-corrected chi connectivity index (χ3v) is 5.30. The molecule has 0 saturated heterocycles. The second kappa shape index (κ2) is 11.4. The third-order valence-electron chi connectivity index (χ3n) is 5.30. The van der Waals surface area contributed by atoms with Crippen LogP contribution in [0.2, 0.25) is 0 Å². The molecule has 0 aliphatic heterocycles. The number of hydrogen-bond donors (Lipinski definition) is 0. The average molecular weight is 340 g/mol. The van der Waals surface area contributed by atoms with Gasteiger partial charge >= 0.3 is 0 Å². The van der Waals surface area contributed by atoms with Crippen LogP contribution in [0.4, 0.5) is 0 Å². The lowest BCUT2D eigenvalue weighted by Crippen LogP contribution is -2.62. The summed E-state index contributed by atoms with van der Waals surface area (Å²) in [5.41, 5.74) is -0.128. The average Bonchev–Trinajstić information content (AvgIpc) is 2.62. The summed E-state index contributed by atoms with van der Waals surface area (Å²) < 4.78 is 0. The first-order valence-corrected chi connectivity index (χ1v) is 9.11. The van der Waals surface area contributed by atoms with Crippen LogP contribution in [-0.2, 0) is 0 Å². The van der Waals surface area contributed by atoms with E-state index in [1.165, 1.54) is 0 Å². The molecule has 0 aromatic carbocycles. The molecule has 0 radical (unpaired) electrons. The second-order valence-electron chi connectivity index (χ2n) is 6.77. The Kier molecular flexibility index (Phi) is 9.57. The van der Waals surface area contributed by atoms with Crippen molar-refractivity contribution in [1.82, 2.24) is 9.80 Å². The lowest BCUT2D eigenvalue weighted by Gasteiger charge is -2.53. The van der Waals surface area contributed by atoms with Gasteiger partial charge in [0.1, 0.15) is 0 Å². The predicted octanol–water partition coefficient (Wildman–Crippen LogP) is 2.95. The van der Waals surface area contributed by atoms with Gasteiger partial charge in [0.05, 0.1) is 24.3 Å². The van der Waals surface area contributed by atoms with Crippen LogP contribution in [0.25, 0.3) is 0 Å². The van der Waals surface area contributed by atoms with Gasteiger partial charge < -0.3 is 0 Å². The van der Waals surface area contributed by atoms with Crippen LogP contribution in [0.15, 0.2) is 0 Å². The summed E-state index contributed by atoms with van der Waals surface area (Å²) in [6, 6.07) is 9.12. The van der Waals surface area contributed by atoms with Crippen LogP contribution in [0.5, 0.6) is 0 Å². The summed E-state index contributed by atoms with van der Waals surface area (Å²) in [4.78, 5) is 4.59. The van der Waals surface area contributed by atoms with Crippen LogP contribution in [0, 0.1) is 45.3 Å². The van der Waals surface area contributed by atoms with Gasteiger partial charge in [-0.15, -0.1) is 0 Å². The monoisotopic (exact) mass is 340 g/mol. The number of hydrogen-bond acceptors (Lipinski definition) is 6. The molecule has 0 spiro atoms. The minimum Gasteiger partial charge on any atom is -0.297 e. The molecule has 1 aliphatic carbocycles. The highest BCUT2D eigenvalue weighted by Crippen LogP contribution is 2.37. The van der Waals surface area contributed by atoms with Crippen LogP contribution >= 0.6 is 0 Å². The Labute approximate surface area is 151 Å². The van der Waals surface area contributed by atoms with Gasteiger partial charge in [-0.3, -0.25) is 9.80 Å². The van der Waals surface area contributed by atoms with Crippen molar-refractivity contribution in [2.45, 2.75) is 69.9 Å². The molecule has 1 rings (SSSR count). The number of nitrogens with zero attached hydrogens (tertiary/aromatic N) is 6. The number of nitriles is 4. The normalized spacial score (nSPS) is 22.8. The van der Waals surface area contributed by atoms with Crippen molar-refractivity contribution >= 4 is 0 Å². The first-order chi connectivity index (χ1) is 12.1. The standard InChI is InChI=1S/C19H28N6/c1-19(25(16-6-12-22)17-7-13-23)9-3-2-8-18(19)24(14-4-10-20)15-5-11-21/h18H,2-9,14-17H2,1H3.